The predicted octanol–water partition coefficient (Wildman–Crippen LogP) is 1.77. The number of carbonyl (C=O) groups is 1. The molecule has 0 unspecified atom stereocenters. The molecule has 70 valence electrons. The fourth-order valence-corrected chi connectivity index (χ4v) is 2.16. The van der Waals surface area contributed by atoms with Crippen LogP contribution in [0.5, 0.6) is 0 Å². The Morgan fingerprint density at radius 1 is 1.38 bits per heavy atom. The first-order valence-electron chi connectivity index (χ1n) is 4.56. The van der Waals surface area contributed by atoms with Crippen LogP contribution < -0.4 is 0 Å². The number of hydrogen-bond donors (Lipinski definition) is 0. The van der Waals surface area contributed by atoms with Gasteiger partial charge in [0.1, 0.15) is 4.88 Å². The van der Waals surface area contributed by atoms with Crippen LogP contribution in [0.2, 0.25) is 0 Å². The molecule has 0 aromatic carbocycles. The summed E-state index contributed by atoms with van der Waals surface area (Å²) in [7, 11) is 0. The van der Waals surface area contributed by atoms with Crippen molar-refractivity contribution in [2.45, 2.75) is 19.3 Å². The van der Waals surface area contributed by atoms with Crippen LogP contribution in [0.1, 0.15) is 28.9 Å². The maximum atomic E-state index is 11.8. The Balaban J connectivity index is 2.04. The first-order valence-corrected chi connectivity index (χ1v) is 5.43. The second-order valence-electron chi connectivity index (χ2n) is 3.22. The first kappa shape index (κ1) is 8.69. The van der Waals surface area contributed by atoms with Crippen LogP contribution >= 0.6 is 11.3 Å². The van der Waals surface area contributed by atoms with Crippen LogP contribution in [0, 0.1) is 0 Å². The molecule has 1 amide bonds. The lowest BCUT2D eigenvalue weighted by molar-refractivity contribution is 0.0729. The van der Waals surface area contributed by atoms with Crippen molar-refractivity contribution in [3.05, 3.63) is 16.6 Å². The fraction of sp³-hybridized carbons (Fsp3) is 0.556. The topological polar surface area (TPSA) is 33.2 Å². The van der Waals surface area contributed by atoms with Crippen LogP contribution in [0.3, 0.4) is 0 Å². The van der Waals surface area contributed by atoms with E-state index in [1.807, 2.05) is 4.90 Å². The molecule has 1 aliphatic heterocycles. The molecular formula is C9H12N2OS. The number of hydrogen-bond acceptors (Lipinski definition) is 3. The van der Waals surface area contributed by atoms with Crippen LogP contribution in [0.25, 0.3) is 0 Å². The second kappa shape index (κ2) is 3.87. The molecule has 1 fully saturated rings. The van der Waals surface area contributed by atoms with Gasteiger partial charge in [0.15, 0.2) is 0 Å². The summed E-state index contributed by atoms with van der Waals surface area (Å²) in [6, 6.07) is 0. The smallest absolute Gasteiger partial charge is 0.265 e. The molecule has 0 bridgehead atoms. The zero-order valence-electron chi connectivity index (χ0n) is 7.40. The van der Waals surface area contributed by atoms with Gasteiger partial charge in [0.2, 0.25) is 0 Å². The summed E-state index contributed by atoms with van der Waals surface area (Å²) in [5, 5.41) is 0. The molecule has 2 rings (SSSR count). The highest BCUT2D eigenvalue weighted by Crippen LogP contribution is 2.14. The molecule has 0 atom stereocenters. The number of nitrogens with zero attached hydrogens (tertiary/aromatic N) is 2. The van der Waals surface area contributed by atoms with Crippen molar-refractivity contribution in [2.24, 2.45) is 0 Å². The Labute approximate surface area is 81.4 Å². The Morgan fingerprint density at radius 2 is 2.15 bits per heavy atom. The maximum absolute atomic E-state index is 11.8. The maximum Gasteiger partial charge on any atom is 0.265 e. The number of rotatable bonds is 1. The largest absolute Gasteiger partial charge is 0.338 e. The first-order chi connectivity index (χ1) is 6.38. The molecule has 2 heterocycles. The zero-order valence-corrected chi connectivity index (χ0v) is 8.22. The summed E-state index contributed by atoms with van der Waals surface area (Å²) in [6.07, 6.45) is 5.20. The van der Waals surface area contributed by atoms with Crippen molar-refractivity contribution < 1.29 is 4.79 Å². The summed E-state index contributed by atoms with van der Waals surface area (Å²) < 4.78 is 0. The molecule has 0 spiro atoms. The Bertz CT molecular complexity index is 278. The number of carbonyl (C=O) groups excluding carboxylic acids is 1. The highest BCUT2D eigenvalue weighted by molar-refractivity contribution is 7.11. The predicted molar refractivity (Wildman–Crippen MR) is 51.9 cm³/mol. The molecule has 0 aliphatic carbocycles. The van der Waals surface area contributed by atoms with E-state index in [0.29, 0.717) is 0 Å². The summed E-state index contributed by atoms with van der Waals surface area (Å²) in [5.41, 5.74) is 1.71. The summed E-state index contributed by atoms with van der Waals surface area (Å²) in [6.45, 7) is 1.83. The van der Waals surface area contributed by atoms with Crippen molar-refractivity contribution in [2.75, 3.05) is 13.1 Å². The Kier molecular flexibility index (Phi) is 2.59. The van der Waals surface area contributed by atoms with E-state index in [0.717, 1.165) is 30.8 Å². The van der Waals surface area contributed by atoms with Gasteiger partial charge >= 0.3 is 0 Å². The van der Waals surface area contributed by atoms with Crippen LogP contribution in [-0.4, -0.2) is 28.9 Å². The van der Waals surface area contributed by atoms with Gasteiger partial charge in [0.25, 0.3) is 5.91 Å². The van der Waals surface area contributed by atoms with Crippen molar-refractivity contribution >= 4 is 17.2 Å². The standard InChI is InChI=1S/C9H12N2OS/c12-9(8-6-10-7-13-8)11-4-2-1-3-5-11/h6-7H,1-5H2. The highest BCUT2D eigenvalue weighted by atomic mass is 32.1. The average molecular weight is 196 g/mol. The number of aromatic nitrogens is 1. The molecule has 13 heavy (non-hydrogen) atoms. The molecule has 3 nitrogen and oxygen atoms in total. The van der Waals surface area contributed by atoms with E-state index in [2.05, 4.69) is 4.98 Å². The summed E-state index contributed by atoms with van der Waals surface area (Å²) in [4.78, 5) is 18.4. The highest BCUT2D eigenvalue weighted by Gasteiger charge is 2.18. The zero-order chi connectivity index (χ0) is 9.10. The van der Waals surface area contributed by atoms with Crippen molar-refractivity contribution in [3.63, 3.8) is 0 Å². The van der Waals surface area contributed by atoms with Gasteiger partial charge < -0.3 is 4.90 Å². The SMILES string of the molecule is O=C(c1cncs1)N1CCCCC1. The van der Waals surface area contributed by atoms with Gasteiger partial charge in [-0.3, -0.25) is 9.78 Å². The molecule has 0 saturated carbocycles. The molecule has 1 aromatic rings. The Hall–Kier alpha value is -0.900. The van der Waals surface area contributed by atoms with Crippen molar-refractivity contribution in [1.29, 1.82) is 0 Å². The van der Waals surface area contributed by atoms with E-state index >= 15 is 0 Å². The van der Waals surface area contributed by atoms with E-state index in [9.17, 15) is 4.79 Å². The molecule has 0 N–H and O–H groups in total. The van der Waals surface area contributed by atoms with Gasteiger partial charge in [-0.15, -0.1) is 11.3 Å². The third-order valence-electron chi connectivity index (χ3n) is 2.29. The fourth-order valence-electron chi connectivity index (χ4n) is 1.57. The lowest BCUT2D eigenvalue weighted by Crippen LogP contribution is -2.35. The molecule has 1 aromatic heterocycles. The third kappa shape index (κ3) is 1.88. The minimum Gasteiger partial charge on any atom is -0.338 e. The lowest BCUT2D eigenvalue weighted by Gasteiger charge is -2.25. The normalized spacial score (nSPS) is 17.4. The van der Waals surface area contributed by atoms with E-state index in [4.69, 9.17) is 0 Å². The van der Waals surface area contributed by atoms with Crippen LogP contribution in [0.15, 0.2) is 11.7 Å². The van der Waals surface area contributed by atoms with Gasteiger partial charge in [-0.05, 0) is 19.3 Å². The molecule has 0 radical (unpaired) electrons. The van der Waals surface area contributed by atoms with Crippen molar-refractivity contribution in [1.82, 2.24) is 9.88 Å². The number of piperidine rings is 1. The van der Waals surface area contributed by atoms with Crippen LogP contribution in [-0.2, 0) is 0 Å². The average Bonchev–Trinajstić information content (AvgIpc) is 2.71. The van der Waals surface area contributed by atoms with Gasteiger partial charge in [-0.2, -0.15) is 0 Å². The lowest BCUT2D eigenvalue weighted by atomic mass is 10.1. The Morgan fingerprint density at radius 3 is 2.77 bits per heavy atom. The van der Waals surface area contributed by atoms with Gasteiger partial charge in [0.05, 0.1) is 11.7 Å². The molecular weight excluding hydrogens is 184 g/mol. The number of amides is 1. The molecule has 1 aliphatic rings. The summed E-state index contributed by atoms with van der Waals surface area (Å²) in [5.74, 6) is 0.155. The summed E-state index contributed by atoms with van der Waals surface area (Å²) >= 11 is 1.42. The quantitative estimate of drug-likeness (QED) is 0.686. The minimum atomic E-state index is 0.155. The van der Waals surface area contributed by atoms with Gasteiger partial charge in [-0.25, -0.2) is 0 Å². The molecule has 1 saturated heterocycles. The van der Waals surface area contributed by atoms with Gasteiger partial charge in [0, 0.05) is 13.1 Å². The van der Waals surface area contributed by atoms with Crippen molar-refractivity contribution in [3.8, 4) is 0 Å². The number of thiazole rings is 1. The number of likely N-dealkylation sites (tertiary alicyclic amines) is 1. The monoisotopic (exact) mass is 196 g/mol. The van der Waals surface area contributed by atoms with E-state index in [1.165, 1.54) is 17.8 Å². The van der Waals surface area contributed by atoms with E-state index < -0.39 is 0 Å². The van der Waals surface area contributed by atoms with E-state index in [1.54, 1.807) is 11.7 Å². The third-order valence-corrected chi connectivity index (χ3v) is 3.05. The van der Waals surface area contributed by atoms with E-state index in [-0.39, 0.29) is 5.91 Å². The second-order valence-corrected chi connectivity index (χ2v) is 4.10. The van der Waals surface area contributed by atoms with Crippen LogP contribution in [0.4, 0.5) is 0 Å². The van der Waals surface area contributed by atoms with Gasteiger partial charge in [-0.1, -0.05) is 0 Å². The molecule has 4 heteroatoms. The minimum absolute atomic E-state index is 0.155.